The van der Waals surface area contributed by atoms with Crippen molar-refractivity contribution in [3.8, 4) is 0 Å². The second-order valence-electron chi connectivity index (χ2n) is 8.26. The van der Waals surface area contributed by atoms with Gasteiger partial charge >= 0.3 is 0 Å². The summed E-state index contributed by atoms with van der Waals surface area (Å²) in [7, 11) is 0. The molecule has 0 saturated carbocycles. The summed E-state index contributed by atoms with van der Waals surface area (Å²) in [6.07, 6.45) is 1.78. The molecule has 0 aliphatic heterocycles. The number of benzene rings is 1. The molecule has 0 bridgehead atoms. The SMILES string of the molecule is CCNC(=NCc1ccc(NC(=O)C(C)C)cc1)NCc1ncc(C(C)(C)C)o1.I. The highest BCUT2D eigenvalue weighted by Gasteiger charge is 2.19. The molecule has 30 heavy (non-hydrogen) atoms. The van der Waals surface area contributed by atoms with E-state index in [1.165, 1.54) is 0 Å². The number of amides is 1. The van der Waals surface area contributed by atoms with E-state index in [1.54, 1.807) is 6.20 Å². The molecule has 0 radical (unpaired) electrons. The average Bonchev–Trinajstić information content (AvgIpc) is 3.14. The summed E-state index contributed by atoms with van der Waals surface area (Å²) in [5, 5.41) is 9.36. The van der Waals surface area contributed by atoms with Crippen molar-refractivity contribution in [2.75, 3.05) is 11.9 Å². The minimum absolute atomic E-state index is 0. The van der Waals surface area contributed by atoms with Crippen LogP contribution in [-0.4, -0.2) is 23.4 Å². The van der Waals surface area contributed by atoms with Crippen LogP contribution < -0.4 is 16.0 Å². The largest absolute Gasteiger partial charge is 0.443 e. The highest BCUT2D eigenvalue weighted by molar-refractivity contribution is 14.0. The fraction of sp³-hybridized carbons (Fsp3) is 0.500. The Morgan fingerprint density at radius 1 is 1.17 bits per heavy atom. The maximum Gasteiger partial charge on any atom is 0.226 e. The average molecular weight is 527 g/mol. The van der Waals surface area contributed by atoms with Crippen LogP contribution in [0.4, 0.5) is 5.69 Å². The number of nitrogens with zero attached hydrogens (tertiary/aromatic N) is 2. The van der Waals surface area contributed by atoms with Crippen LogP contribution in [0.2, 0.25) is 0 Å². The number of aromatic nitrogens is 1. The number of halogens is 1. The molecule has 1 heterocycles. The van der Waals surface area contributed by atoms with Crippen LogP contribution in [0.3, 0.4) is 0 Å². The van der Waals surface area contributed by atoms with E-state index in [2.05, 4.69) is 46.7 Å². The molecule has 1 amide bonds. The number of aliphatic imine (C=N–C) groups is 1. The summed E-state index contributed by atoms with van der Waals surface area (Å²) in [5.41, 5.74) is 1.78. The molecule has 0 spiro atoms. The Balaban J connectivity index is 0.00000450. The lowest BCUT2D eigenvalue weighted by atomic mass is 9.94. The van der Waals surface area contributed by atoms with Gasteiger partial charge in [-0.3, -0.25) is 4.79 Å². The first-order valence-corrected chi connectivity index (χ1v) is 10.1. The third-order valence-corrected chi connectivity index (χ3v) is 4.21. The number of hydrogen-bond donors (Lipinski definition) is 3. The zero-order valence-corrected chi connectivity index (χ0v) is 21.0. The molecule has 3 N–H and O–H groups in total. The minimum atomic E-state index is -0.0648. The number of anilines is 1. The summed E-state index contributed by atoms with van der Waals surface area (Å²) < 4.78 is 5.81. The van der Waals surface area contributed by atoms with Crippen molar-refractivity contribution in [2.45, 2.75) is 60.0 Å². The molecule has 1 aromatic heterocycles. The fourth-order valence-electron chi connectivity index (χ4n) is 2.39. The van der Waals surface area contributed by atoms with Crippen LogP contribution in [0, 0.1) is 5.92 Å². The zero-order valence-electron chi connectivity index (χ0n) is 18.7. The number of nitrogens with one attached hydrogen (secondary N) is 3. The molecule has 2 aromatic rings. The van der Waals surface area contributed by atoms with Crippen LogP contribution >= 0.6 is 24.0 Å². The van der Waals surface area contributed by atoms with Gasteiger partial charge in [0.15, 0.2) is 5.96 Å². The Hall–Kier alpha value is -2.10. The summed E-state index contributed by atoms with van der Waals surface area (Å²) in [6, 6.07) is 7.72. The number of hydrogen-bond acceptors (Lipinski definition) is 4. The molecule has 0 atom stereocenters. The van der Waals surface area contributed by atoms with Crippen molar-refractivity contribution in [2.24, 2.45) is 10.9 Å². The Morgan fingerprint density at radius 3 is 2.37 bits per heavy atom. The molecular weight excluding hydrogens is 493 g/mol. The first-order chi connectivity index (χ1) is 13.7. The summed E-state index contributed by atoms with van der Waals surface area (Å²) in [5.74, 6) is 2.15. The van der Waals surface area contributed by atoms with Gasteiger partial charge in [0.05, 0.1) is 19.3 Å². The monoisotopic (exact) mass is 527 g/mol. The fourth-order valence-corrected chi connectivity index (χ4v) is 2.39. The van der Waals surface area contributed by atoms with Gasteiger partial charge in [-0.1, -0.05) is 46.8 Å². The van der Waals surface area contributed by atoms with E-state index in [0.717, 1.165) is 23.6 Å². The van der Waals surface area contributed by atoms with Crippen LogP contribution in [0.5, 0.6) is 0 Å². The van der Waals surface area contributed by atoms with Gasteiger partial charge in [0.1, 0.15) is 5.76 Å². The van der Waals surface area contributed by atoms with Crippen LogP contribution in [0.25, 0.3) is 0 Å². The number of carbonyl (C=O) groups is 1. The molecule has 2 rings (SSSR count). The molecule has 0 saturated heterocycles. The molecule has 166 valence electrons. The lowest BCUT2D eigenvalue weighted by molar-refractivity contribution is -0.118. The normalized spacial score (nSPS) is 11.8. The third kappa shape index (κ3) is 8.33. The number of guanidine groups is 1. The Bertz CT molecular complexity index is 823. The van der Waals surface area contributed by atoms with E-state index < -0.39 is 0 Å². The molecule has 7 nitrogen and oxygen atoms in total. The smallest absolute Gasteiger partial charge is 0.226 e. The first-order valence-electron chi connectivity index (χ1n) is 10.1. The predicted molar refractivity (Wildman–Crippen MR) is 132 cm³/mol. The standard InChI is InChI=1S/C22H33N5O2.HI/c1-7-23-21(26-14-19-24-13-18(29-19)22(4,5)6)25-12-16-8-10-17(11-9-16)27-20(28)15(2)3;/h8-11,13,15H,7,12,14H2,1-6H3,(H,27,28)(H2,23,25,26);1H. The summed E-state index contributed by atoms with van der Waals surface area (Å²) in [6.45, 7) is 13.8. The Morgan fingerprint density at radius 2 is 1.83 bits per heavy atom. The topological polar surface area (TPSA) is 91.5 Å². The first kappa shape index (κ1) is 25.9. The maximum atomic E-state index is 11.8. The van der Waals surface area contributed by atoms with E-state index in [-0.39, 0.29) is 41.2 Å². The van der Waals surface area contributed by atoms with Crippen molar-refractivity contribution in [1.29, 1.82) is 0 Å². The second-order valence-corrected chi connectivity index (χ2v) is 8.26. The molecular formula is C22H34IN5O2. The Kier molecular flexibility index (Phi) is 10.3. The summed E-state index contributed by atoms with van der Waals surface area (Å²) in [4.78, 5) is 20.7. The third-order valence-electron chi connectivity index (χ3n) is 4.21. The van der Waals surface area contributed by atoms with Crippen molar-refractivity contribution < 1.29 is 9.21 Å². The van der Waals surface area contributed by atoms with Gasteiger partial charge in [0.25, 0.3) is 0 Å². The van der Waals surface area contributed by atoms with Gasteiger partial charge in [-0.25, -0.2) is 9.98 Å². The summed E-state index contributed by atoms with van der Waals surface area (Å²) >= 11 is 0. The second kappa shape index (κ2) is 11.9. The van der Waals surface area contributed by atoms with Gasteiger partial charge in [0.2, 0.25) is 11.8 Å². The van der Waals surface area contributed by atoms with E-state index in [0.29, 0.717) is 24.9 Å². The molecule has 0 fully saturated rings. The van der Waals surface area contributed by atoms with Gasteiger partial charge < -0.3 is 20.4 Å². The number of rotatable bonds is 7. The molecule has 8 heteroatoms. The van der Waals surface area contributed by atoms with E-state index in [4.69, 9.17) is 4.42 Å². The number of carbonyl (C=O) groups excluding carboxylic acids is 1. The van der Waals surface area contributed by atoms with E-state index in [9.17, 15) is 4.79 Å². The van der Waals surface area contributed by atoms with Crippen LogP contribution in [0.15, 0.2) is 39.9 Å². The van der Waals surface area contributed by atoms with E-state index >= 15 is 0 Å². The van der Waals surface area contributed by atoms with Gasteiger partial charge in [-0.05, 0) is 24.6 Å². The van der Waals surface area contributed by atoms with Crippen molar-refractivity contribution >= 4 is 41.5 Å². The molecule has 0 aliphatic rings. The van der Waals surface area contributed by atoms with Crippen LogP contribution in [0.1, 0.15) is 58.8 Å². The van der Waals surface area contributed by atoms with Crippen molar-refractivity contribution in [3.63, 3.8) is 0 Å². The van der Waals surface area contributed by atoms with Gasteiger partial charge in [-0.15, -0.1) is 24.0 Å². The van der Waals surface area contributed by atoms with Gasteiger partial charge in [0, 0.05) is 23.6 Å². The molecule has 0 aliphatic carbocycles. The zero-order chi connectivity index (χ0) is 21.4. The Labute approximate surface area is 196 Å². The lowest BCUT2D eigenvalue weighted by Crippen LogP contribution is -2.36. The van der Waals surface area contributed by atoms with Crippen molar-refractivity contribution in [3.05, 3.63) is 47.7 Å². The quantitative estimate of drug-likeness (QED) is 0.282. The van der Waals surface area contributed by atoms with Crippen molar-refractivity contribution in [1.82, 2.24) is 15.6 Å². The minimum Gasteiger partial charge on any atom is -0.443 e. The maximum absolute atomic E-state index is 11.8. The predicted octanol–water partition coefficient (Wildman–Crippen LogP) is 4.44. The van der Waals surface area contributed by atoms with Crippen LogP contribution in [-0.2, 0) is 23.3 Å². The highest BCUT2D eigenvalue weighted by Crippen LogP contribution is 2.22. The highest BCUT2D eigenvalue weighted by atomic mass is 127. The van der Waals surface area contributed by atoms with Gasteiger partial charge in [-0.2, -0.15) is 0 Å². The lowest BCUT2D eigenvalue weighted by Gasteiger charge is -2.13. The molecule has 0 unspecified atom stereocenters. The van der Waals surface area contributed by atoms with E-state index in [1.807, 2.05) is 45.0 Å². The number of oxazole rings is 1. The molecule has 1 aromatic carbocycles.